The van der Waals surface area contributed by atoms with Gasteiger partial charge in [0.15, 0.2) is 0 Å². The molecular formula is C11H17NO3. The zero-order valence-electron chi connectivity index (χ0n) is 8.80. The van der Waals surface area contributed by atoms with Crippen molar-refractivity contribution in [1.82, 2.24) is 0 Å². The molecule has 0 radical (unpaired) electrons. The molecule has 1 rings (SSSR count). The molecule has 4 heteroatoms. The van der Waals surface area contributed by atoms with Gasteiger partial charge in [-0.1, -0.05) is 18.2 Å². The highest BCUT2D eigenvalue weighted by Gasteiger charge is 2.18. The second-order valence-corrected chi connectivity index (χ2v) is 3.27. The highest BCUT2D eigenvalue weighted by Crippen LogP contribution is 2.11. The van der Waals surface area contributed by atoms with Gasteiger partial charge in [0.25, 0.3) is 0 Å². The van der Waals surface area contributed by atoms with Gasteiger partial charge in [-0.2, -0.15) is 0 Å². The Bertz CT molecular complexity index is 266. The largest absolute Gasteiger partial charge is 0.486 e. The van der Waals surface area contributed by atoms with Crippen LogP contribution < -0.4 is 10.5 Å². The molecule has 0 aliphatic heterocycles. The first kappa shape index (κ1) is 12.0. The van der Waals surface area contributed by atoms with E-state index in [2.05, 4.69) is 0 Å². The van der Waals surface area contributed by atoms with Crippen LogP contribution in [0.1, 0.15) is 0 Å². The van der Waals surface area contributed by atoms with E-state index in [0.717, 1.165) is 0 Å². The van der Waals surface area contributed by atoms with Crippen LogP contribution in [0.2, 0.25) is 0 Å². The van der Waals surface area contributed by atoms with Gasteiger partial charge in [0, 0.05) is 7.11 Å². The van der Waals surface area contributed by atoms with Crippen molar-refractivity contribution in [3.05, 3.63) is 30.3 Å². The van der Waals surface area contributed by atoms with Gasteiger partial charge in [0.05, 0.1) is 19.3 Å². The number of hydrogen-bond donors (Lipinski definition) is 2. The standard InChI is InChI=1S/C11H17NO3/c1-14-8-10(12)11(7-13)15-9-5-3-2-4-6-9/h2-6,10-11,13H,7-8,12H2,1H3. The molecule has 0 aliphatic rings. The third-order valence-electron chi connectivity index (χ3n) is 2.05. The lowest BCUT2D eigenvalue weighted by molar-refractivity contribution is 0.0605. The van der Waals surface area contributed by atoms with Crippen molar-refractivity contribution < 1.29 is 14.6 Å². The molecule has 2 atom stereocenters. The Kier molecular flexibility index (Phi) is 5.10. The SMILES string of the molecule is COCC(N)C(CO)Oc1ccccc1. The average molecular weight is 211 g/mol. The number of aliphatic hydroxyl groups is 1. The summed E-state index contributed by atoms with van der Waals surface area (Å²) in [7, 11) is 1.57. The van der Waals surface area contributed by atoms with E-state index < -0.39 is 6.10 Å². The lowest BCUT2D eigenvalue weighted by atomic mass is 10.2. The van der Waals surface area contributed by atoms with Crippen molar-refractivity contribution >= 4 is 0 Å². The number of para-hydroxylation sites is 1. The van der Waals surface area contributed by atoms with E-state index in [-0.39, 0.29) is 12.6 Å². The van der Waals surface area contributed by atoms with Crippen molar-refractivity contribution in [2.45, 2.75) is 12.1 Å². The Morgan fingerprint density at radius 1 is 1.33 bits per heavy atom. The van der Waals surface area contributed by atoms with E-state index in [1.54, 1.807) is 7.11 Å². The predicted octanol–water partition coefficient (Wildman–Crippen LogP) is 0.400. The number of aliphatic hydroxyl groups excluding tert-OH is 1. The summed E-state index contributed by atoms with van der Waals surface area (Å²) in [6.45, 7) is 0.234. The van der Waals surface area contributed by atoms with Crippen LogP contribution in [0.25, 0.3) is 0 Å². The van der Waals surface area contributed by atoms with Crippen LogP contribution in [0.15, 0.2) is 30.3 Å². The summed E-state index contributed by atoms with van der Waals surface area (Å²) in [6.07, 6.45) is -0.438. The lowest BCUT2D eigenvalue weighted by Gasteiger charge is -2.22. The van der Waals surface area contributed by atoms with Gasteiger partial charge in [-0.3, -0.25) is 0 Å². The van der Waals surface area contributed by atoms with Crippen molar-refractivity contribution in [3.8, 4) is 5.75 Å². The molecule has 4 nitrogen and oxygen atoms in total. The van der Waals surface area contributed by atoms with Crippen LogP contribution in [0, 0.1) is 0 Å². The fraction of sp³-hybridized carbons (Fsp3) is 0.455. The van der Waals surface area contributed by atoms with E-state index in [4.69, 9.17) is 20.3 Å². The number of methoxy groups -OCH3 is 1. The third kappa shape index (κ3) is 3.87. The molecule has 0 fully saturated rings. The summed E-state index contributed by atoms with van der Waals surface area (Å²) >= 11 is 0. The molecule has 84 valence electrons. The third-order valence-corrected chi connectivity index (χ3v) is 2.05. The topological polar surface area (TPSA) is 64.7 Å². The van der Waals surface area contributed by atoms with Gasteiger partial charge < -0.3 is 20.3 Å². The fourth-order valence-corrected chi connectivity index (χ4v) is 1.23. The van der Waals surface area contributed by atoms with Crippen molar-refractivity contribution in [1.29, 1.82) is 0 Å². The van der Waals surface area contributed by atoms with Crippen LogP contribution in [0.3, 0.4) is 0 Å². The Balaban J connectivity index is 2.53. The van der Waals surface area contributed by atoms with Gasteiger partial charge in [-0.05, 0) is 12.1 Å². The zero-order chi connectivity index (χ0) is 11.1. The van der Waals surface area contributed by atoms with Gasteiger partial charge in [-0.15, -0.1) is 0 Å². The highest BCUT2D eigenvalue weighted by molar-refractivity contribution is 5.21. The lowest BCUT2D eigenvalue weighted by Crippen LogP contribution is -2.44. The van der Waals surface area contributed by atoms with Crippen LogP contribution in [0.5, 0.6) is 5.75 Å². The first-order valence-corrected chi connectivity index (χ1v) is 4.85. The molecule has 0 saturated heterocycles. The maximum absolute atomic E-state index is 9.12. The van der Waals surface area contributed by atoms with Crippen LogP contribution in [0.4, 0.5) is 0 Å². The van der Waals surface area contributed by atoms with Gasteiger partial charge >= 0.3 is 0 Å². The monoisotopic (exact) mass is 211 g/mol. The Morgan fingerprint density at radius 2 is 2.00 bits per heavy atom. The van der Waals surface area contributed by atoms with Crippen LogP contribution in [-0.4, -0.2) is 37.6 Å². The van der Waals surface area contributed by atoms with Crippen molar-refractivity contribution in [3.63, 3.8) is 0 Å². The number of benzene rings is 1. The minimum atomic E-state index is -0.438. The van der Waals surface area contributed by atoms with Gasteiger partial charge in [0.2, 0.25) is 0 Å². The second kappa shape index (κ2) is 6.40. The summed E-state index contributed by atoms with van der Waals surface area (Å²) in [5.74, 6) is 0.697. The molecule has 0 aliphatic carbocycles. The summed E-state index contributed by atoms with van der Waals surface area (Å²) in [5.41, 5.74) is 5.78. The first-order valence-electron chi connectivity index (χ1n) is 4.85. The van der Waals surface area contributed by atoms with Crippen molar-refractivity contribution in [2.24, 2.45) is 5.73 Å². The molecular weight excluding hydrogens is 194 g/mol. The van der Waals surface area contributed by atoms with E-state index in [1.165, 1.54) is 0 Å². The molecule has 15 heavy (non-hydrogen) atoms. The molecule has 0 aromatic heterocycles. The van der Waals surface area contributed by atoms with Gasteiger partial charge in [-0.25, -0.2) is 0 Å². The average Bonchev–Trinajstić information content (AvgIpc) is 2.27. The van der Waals surface area contributed by atoms with E-state index in [1.807, 2.05) is 30.3 Å². The minimum absolute atomic E-state index is 0.126. The van der Waals surface area contributed by atoms with E-state index >= 15 is 0 Å². The number of ether oxygens (including phenoxy) is 2. The molecule has 0 spiro atoms. The van der Waals surface area contributed by atoms with Crippen LogP contribution in [-0.2, 0) is 4.74 Å². The molecule has 3 N–H and O–H groups in total. The maximum Gasteiger partial charge on any atom is 0.139 e. The Labute approximate surface area is 89.6 Å². The molecule has 0 amide bonds. The first-order chi connectivity index (χ1) is 7.27. The summed E-state index contributed by atoms with van der Waals surface area (Å²) in [5, 5.41) is 9.12. The summed E-state index contributed by atoms with van der Waals surface area (Å²) in [6, 6.07) is 8.94. The number of hydrogen-bond acceptors (Lipinski definition) is 4. The summed E-state index contributed by atoms with van der Waals surface area (Å²) < 4.78 is 10.4. The fourth-order valence-electron chi connectivity index (χ4n) is 1.23. The molecule has 0 saturated carbocycles. The maximum atomic E-state index is 9.12. The Morgan fingerprint density at radius 3 is 2.53 bits per heavy atom. The normalized spacial score (nSPS) is 14.6. The molecule has 0 bridgehead atoms. The van der Waals surface area contributed by atoms with Crippen LogP contribution >= 0.6 is 0 Å². The predicted molar refractivity (Wildman–Crippen MR) is 57.8 cm³/mol. The van der Waals surface area contributed by atoms with E-state index in [0.29, 0.717) is 12.4 Å². The quantitative estimate of drug-likeness (QED) is 0.715. The molecule has 0 heterocycles. The zero-order valence-corrected chi connectivity index (χ0v) is 8.80. The molecule has 2 unspecified atom stereocenters. The molecule has 1 aromatic carbocycles. The summed E-state index contributed by atoms with van der Waals surface area (Å²) in [4.78, 5) is 0. The molecule has 1 aromatic rings. The highest BCUT2D eigenvalue weighted by atomic mass is 16.5. The minimum Gasteiger partial charge on any atom is -0.486 e. The van der Waals surface area contributed by atoms with Crippen molar-refractivity contribution in [2.75, 3.05) is 20.3 Å². The Hall–Kier alpha value is -1.10. The second-order valence-electron chi connectivity index (χ2n) is 3.27. The van der Waals surface area contributed by atoms with Gasteiger partial charge in [0.1, 0.15) is 11.9 Å². The number of rotatable bonds is 6. The smallest absolute Gasteiger partial charge is 0.139 e. The van der Waals surface area contributed by atoms with E-state index in [9.17, 15) is 0 Å². The number of nitrogens with two attached hydrogens (primary N) is 1.